The van der Waals surface area contributed by atoms with Crippen LogP contribution in [-0.2, 0) is 16.4 Å². The van der Waals surface area contributed by atoms with Crippen LogP contribution in [0.25, 0.3) is 0 Å². The second kappa shape index (κ2) is 7.51. The zero-order valence-corrected chi connectivity index (χ0v) is 15.7. The van der Waals surface area contributed by atoms with Crippen LogP contribution in [0.2, 0.25) is 5.02 Å². The van der Waals surface area contributed by atoms with Crippen LogP contribution in [0, 0.1) is 0 Å². The molecular formula is C19H19ClN2O3S. The highest BCUT2D eigenvalue weighted by Gasteiger charge is 2.29. The number of carbonyl (C=O) groups excluding carboxylic acids is 1. The molecule has 0 aliphatic carbocycles. The Morgan fingerprint density at radius 1 is 1.27 bits per heavy atom. The molecule has 0 unspecified atom stereocenters. The molecule has 26 heavy (non-hydrogen) atoms. The highest BCUT2D eigenvalue weighted by molar-refractivity contribution is 7.92. The van der Waals surface area contributed by atoms with Crippen molar-refractivity contribution in [2.24, 2.45) is 0 Å². The number of para-hydroxylation sites is 1. The minimum absolute atomic E-state index is 0.0438. The van der Waals surface area contributed by atoms with Crippen LogP contribution >= 0.6 is 11.6 Å². The van der Waals surface area contributed by atoms with Gasteiger partial charge in [-0.3, -0.25) is 9.10 Å². The number of hydrogen-bond donors (Lipinski definition) is 1. The van der Waals surface area contributed by atoms with Crippen LogP contribution in [0.3, 0.4) is 0 Å². The lowest BCUT2D eigenvalue weighted by molar-refractivity contribution is 0.0958. The van der Waals surface area contributed by atoms with E-state index in [-0.39, 0.29) is 22.0 Å². The van der Waals surface area contributed by atoms with Crippen molar-refractivity contribution in [1.29, 1.82) is 0 Å². The lowest BCUT2D eigenvalue weighted by Gasteiger charge is -2.30. The fourth-order valence-corrected chi connectivity index (χ4v) is 4.75. The van der Waals surface area contributed by atoms with Gasteiger partial charge < -0.3 is 5.32 Å². The number of benzene rings is 2. The quantitative estimate of drug-likeness (QED) is 0.795. The number of nitrogens with one attached hydrogen (secondary N) is 1. The van der Waals surface area contributed by atoms with Gasteiger partial charge in [0.05, 0.1) is 21.2 Å². The van der Waals surface area contributed by atoms with Crippen molar-refractivity contribution in [3.63, 3.8) is 0 Å². The van der Waals surface area contributed by atoms with Crippen LogP contribution < -0.4 is 9.62 Å². The van der Waals surface area contributed by atoms with E-state index in [1.54, 1.807) is 6.07 Å². The zero-order valence-electron chi connectivity index (χ0n) is 14.1. The van der Waals surface area contributed by atoms with Crippen molar-refractivity contribution in [2.45, 2.75) is 17.7 Å². The first kappa shape index (κ1) is 18.5. The summed E-state index contributed by atoms with van der Waals surface area (Å²) in [5.41, 5.74) is 1.81. The molecule has 5 nitrogen and oxygen atoms in total. The Balaban J connectivity index is 2.01. The minimum atomic E-state index is -3.79. The highest BCUT2D eigenvalue weighted by atomic mass is 35.5. The Hall–Kier alpha value is -2.31. The Morgan fingerprint density at radius 2 is 2.04 bits per heavy atom. The van der Waals surface area contributed by atoms with Gasteiger partial charge in [0.15, 0.2) is 0 Å². The van der Waals surface area contributed by atoms with E-state index in [0.29, 0.717) is 12.2 Å². The van der Waals surface area contributed by atoms with Crippen molar-refractivity contribution in [3.05, 3.63) is 71.3 Å². The summed E-state index contributed by atoms with van der Waals surface area (Å²) in [5.74, 6) is -0.439. The van der Waals surface area contributed by atoms with Gasteiger partial charge in [-0.2, -0.15) is 0 Å². The number of rotatable bonds is 5. The van der Waals surface area contributed by atoms with E-state index in [2.05, 4.69) is 11.9 Å². The fraction of sp³-hybridized carbons (Fsp3) is 0.211. The average Bonchev–Trinajstić information content (AvgIpc) is 2.65. The SMILES string of the molecule is C=CCNC(=O)c1cc(S(=O)(=O)N2CCCc3ccccc32)ccc1Cl. The molecular weight excluding hydrogens is 372 g/mol. The standard InChI is InChI=1S/C19H19ClN2O3S/c1-2-11-21-19(23)16-13-15(9-10-17(16)20)26(24,25)22-12-5-7-14-6-3-4-8-18(14)22/h2-4,6,8-10,13H,1,5,7,11-12H2,(H,21,23). The van der Waals surface area contributed by atoms with Crippen LogP contribution in [0.4, 0.5) is 5.69 Å². The van der Waals surface area contributed by atoms with Gasteiger partial charge in [-0.05, 0) is 42.7 Å². The maximum Gasteiger partial charge on any atom is 0.264 e. The highest BCUT2D eigenvalue weighted by Crippen LogP contribution is 2.32. The average molecular weight is 391 g/mol. The largest absolute Gasteiger partial charge is 0.349 e. The monoisotopic (exact) mass is 390 g/mol. The van der Waals surface area contributed by atoms with E-state index in [1.807, 2.05) is 18.2 Å². The van der Waals surface area contributed by atoms with Crippen molar-refractivity contribution < 1.29 is 13.2 Å². The molecule has 1 amide bonds. The van der Waals surface area contributed by atoms with Crippen molar-refractivity contribution in [1.82, 2.24) is 5.32 Å². The summed E-state index contributed by atoms with van der Waals surface area (Å²) < 4.78 is 27.8. The number of anilines is 1. The van der Waals surface area contributed by atoms with Crippen molar-refractivity contribution in [2.75, 3.05) is 17.4 Å². The molecule has 1 aliphatic heterocycles. The van der Waals surface area contributed by atoms with E-state index in [4.69, 9.17) is 11.6 Å². The second-order valence-corrected chi connectivity index (χ2v) is 8.22. The molecule has 136 valence electrons. The van der Waals surface area contributed by atoms with Gasteiger partial charge in [0.2, 0.25) is 0 Å². The van der Waals surface area contributed by atoms with E-state index in [1.165, 1.54) is 28.6 Å². The summed E-state index contributed by atoms with van der Waals surface area (Å²) in [5, 5.41) is 2.81. The predicted molar refractivity (Wildman–Crippen MR) is 103 cm³/mol. The van der Waals surface area contributed by atoms with Gasteiger partial charge in [-0.1, -0.05) is 35.9 Å². The number of carbonyl (C=O) groups is 1. The third-order valence-corrected chi connectivity index (χ3v) is 6.38. The predicted octanol–water partition coefficient (Wildman–Crippen LogP) is 3.40. The van der Waals surface area contributed by atoms with Gasteiger partial charge in [0.25, 0.3) is 15.9 Å². The van der Waals surface area contributed by atoms with Gasteiger partial charge in [-0.25, -0.2) is 8.42 Å². The van der Waals surface area contributed by atoms with E-state index in [9.17, 15) is 13.2 Å². The number of amides is 1. The van der Waals surface area contributed by atoms with Gasteiger partial charge in [0.1, 0.15) is 0 Å². The first-order chi connectivity index (χ1) is 12.4. The number of fused-ring (bicyclic) bond motifs is 1. The normalized spacial score (nSPS) is 13.8. The molecule has 0 fully saturated rings. The third kappa shape index (κ3) is 3.48. The lowest BCUT2D eigenvalue weighted by Crippen LogP contribution is -2.35. The van der Waals surface area contributed by atoms with E-state index < -0.39 is 15.9 Å². The topological polar surface area (TPSA) is 66.5 Å². The number of nitrogens with zero attached hydrogens (tertiary/aromatic N) is 1. The Kier molecular flexibility index (Phi) is 5.34. The summed E-state index contributed by atoms with van der Waals surface area (Å²) in [7, 11) is -3.79. The Labute approximate surface area is 158 Å². The maximum absolute atomic E-state index is 13.2. The molecule has 1 N–H and O–H groups in total. The van der Waals surface area contributed by atoms with Crippen LogP contribution in [0.15, 0.2) is 60.0 Å². The number of hydrogen-bond acceptors (Lipinski definition) is 3. The fourth-order valence-electron chi connectivity index (χ4n) is 2.97. The molecule has 0 saturated carbocycles. The Morgan fingerprint density at radius 3 is 2.81 bits per heavy atom. The molecule has 0 saturated heterocycles. The number of halogens is 1. The molecule has 0 radical (unpaired) electrons. The molecule has 3 rings (SSSR count). The molecule has 7 heteroatoms. The van der Waals surface area contributed by atoms with Crippen LogP contribution in [-0.4, -0.2) is 27.4 Å². The zero-order chi connectivity index (χ0) is 18.7. The number of aryl methyl sites for hydroxylation is 1. The summed E-state index contributed by atoms with van der Waals surface area (Å²) >= 11 is 6.09. The minimum Gasteiger partial charge on any atom is -0.349 e. The molecule has 0 spiro atoms. The molecule has 1 heterocycles. The first-order valence-electron chi connectivity index (χ1n) is 8.24. The molecule has 2 aromatic rings. The van der Waals surface area contributed by atoms with E-state index >= 15 is 0 Å². The van der Waals surface area contributed by atoms with Crippen LogP contribution in [0.5, 0.6) is 0 Å². The lowest BCUT2D eigenvalue weighted by atomic mass is 10.0. The molecule has 2 aromatic carbocycles. The smallest absolute Gasteiger partial charge is 0.264 e. The molecule has 1 aliphatic rings. The van der Waals surface area contributed by atoms with Gasteiger partial charge in [0, 0.05) is 13.1 Å². The first-order valence-corrected chi connectivity index (χ1v) is 10.1. The number of sulfonamides is 1. The second-order valence-electron chi connectivity index (χ2n) is 5.95. The summed E-state index contributed by atoms with van der Waals surface area (Å²) in [6, 6.07) is 11.7. The third-order valence-electron chi connectivity index (χ3n) is 4.25. The Bertz CT molecular complexity index is 957. The summed E-state index contributed by atoms with van der Waals surface area (Å²) in [6.07, 6.45) is 3.13. The van der Waals surface area contributed by atoms with Gasteiger partial charge in [-0.15, -0.1) is 6.58 Å². The molecule has 0 atom stereocenters. The summed E-state index contributed by atoms with van der Waals surface area (Å²) in [6.45, 7) is 4.21. The van der Waals surface area contributed by atoms with Crippen molar-refractivity contribution >= 4 is 33.2 Å². The van der Waals surface area contributed by atoms with Crippen LogP contribution in [0.1, 0.15) is 22.3 Å². The van der Waals surface area contributed by atoms with Gasteiger partial charge >= 0.3 is 0 Å². The maximum atomic E-state index is 13.2. The molecule has 0 bridgehead atoms. The van der Waals surface area contributed by atoms with Crippen molar-refractivity contribution in [3.8, 4) is 0 Å². The summed E-state index contributed by atoms with van der Waals surface area (Å²) in [4.78, 5) is 12.3. The van der Waals surface area contributed by atoms with E-state index in [0.717, 1.165) is 18.4 Å². The molecule has 0 aromatic heterocycles.